The molecule has 0 spiro atoms. The lowest BCUT2D eigenvalue weighted by Crippen LogP contribution is -2.22. The van der Waals surface area contributed by atoms with Crippen LogP contribution in [0.25, 0.3) is 0 Å². The molecule has 0 atom stereocenters. The first kappa shape index (κ1) is 21.0. The van der Waals surface area contributed by atoms with Crippen LogP contribution in [0.5, 0.6) is 0 Å². The summed E-state index contributed by atoms with van der Waals surface area (Å²) in [4.78, 5) is 31.1. The van der Waals surface area contributed by atoms with Gasteiger partial charge in [0.2, 0.25) is 0 Å². The second kappa shape index (κ2) is 9.19. The molecule has 30 heavy (non-hydrogen) atoms. The predicted molar refractivity (Wildman–Crippen MR) is 120 cm³/mol. The van der Waals surface area contributed by atoms with Crippen LogP contribution in [0.3, 0.4) is 0 Å². The molecule has 0 radical (unpaired) electrons. The lowest BCUT2D eigenvalue weighted by atomic mass is 10.1. The minimum atomic E-state index is -0.404. The number of carbonyl (C=O) groups is 2. The second-order valence-corrected chi connectivity index (χ2v) is 6.94. The van der Waals surface area contributed by atoms with Crippen molar-refractivity contribution in [2.45, 2.75) is 6.92 Å². The average molecular weight is 422 g/mol. The Morgan fingerprint density at radius 1 is 0.967 bits per heavy atom. The van der Waals surface area contributed by atoms with Gasteiger partial charge in [-0.15, -0.1) is 0 Å². The number of nitrogens with one attached hydrogen (secondary N) is 3. The van der Waals surface area contributed by atoms with E-state index < -0.39 is 5.91 Å². The fourth-order valence-electron chi connectivity index (χ4n) is 2.65. The van der Waals surface area contributed by atoms with E-state index in [4.69, 9.17) is 17.0 Å². The summed E-state index contributed by atoms with van der Waals surface area (Å²) in [6.07, 6.45) is 1.44. The molecule has 0 aliphatic carbocycles. The quantitative estimate of drug-likeness (QED) is 0.411. The maximum absolute atomic E-state index is 12.7. The number of aromatic nitrogens is 1. The average Bonchev–Trinajstić information content (AvgIpc) is 2.75. The Bertz CT molecular complexity index is 1080. The van der Waals surface area contributed by atoms with E-state index in [9.17, 15) is 9.59 Å². The zero-order valence-electron chi connectivity index (χ0n) is 16.4. The molecule has 152 valence electrons. The summed E-state index contributed by atoms with van der Waals surface area (Å²) in [5.74, 6) is -0.00570. The maximum Gasteiger partial charge on any atom is 0.258 e. The zero-order valence-corrected chi connectivity index (χ0v) is 17.2. The molecule has 1 heterocycles. The van der Waals surface area contributed by atoms with Gasteiger partial charge in [0.1, 0.15) is 5.82 Å². The second-order valence-electron chi connectivity index (χ2n) is 6.51. The highest BCUT2D eigenvalue weighted by Gasteiger charge is 2.15. The first-order valence-electron chi connectivity index (χ1n) is 9.07. The molecule has 0 fully saturated rings. The predicted octanol–water partition coefficient (Wildman–Crippen LogP) is 4.67. The number of rotatable bonds is 5. The minimum Gasteiger partial charge on any atom is -0.334 e. The van der Waals surface area contributed by atoms with E-state index in [1.807, 2.05) is 0 Å². The SMILES string of the molecule is CC(=N)N(C)c1ccc(C(=O)Nc2ccccc2C(=O)Nc2ccc(Cl)cn2)cc1. The Morgan fingerprint density at radius 3 is 2.30 bits per heavy atom. The monoisotopic (exact) mass is 421 g/mol. The van der Waals surface area contributed by atoms with Crippen LogP contribution >= 0.6 is 11.6 Å². The highest BCUT2D eigenvalue weighted by atomic mass is 35.5. The number of para-hydroxylation sites is 1. The van der Waals surface area contributed by atoms with Gasteiger partial charge in [0, 0.05) is 24.5 Å². The van der Waals surface area contributed by atoms with Crippen LogP contribution in [0, 0.1) is 5.41 Å². The third-order valence-electron chi connectivity index (χ3n) is 4.41. The molecule has 2 aromatic carbocycles. The maximum atomic E-state index is 12.7. The zero-order chi connectivity index (χ0) is 21.7. The molecule has 0 saturated heterocycles. The molecule has 2 amide bonds. The van der Waals surface area contributed by atoms with Crippen molar-refractivity contribution in [1.82, 2.24) is 4.98 Å². The molecule has 3 aromatic rings. The van der Waals surface area contributed by atoms with E-state index >= 15 is 0 Å². The smallest absolute Gasteiger partial charge is 0.258 e. The lowest BCUT2D eigenvalue weighted by molar-refractivity contribution is 0.102. The molecular formula is C22H20ClN5O2. The number of hydrogen-bond acceptors (Lipinski definition) is 4. The summed E-state index contributed by atoms with van der Waals surface area (Å²) >= 11 is 5.81. The molecule has 0 aliphatic rings. The molecule has 0 bridgehead atoms. The highest BCUT2D eigenvalue weighted by molar-refractivity contribution is 6.30. The van der Waals surface area contributed by atoms with Crippen LogP contribution in [0.1, 0.15) is 27.6 Å². The van der Waals surface area contributed by atoms with E-state index in [0.717, 1.165) is 5.69 Å². The van der Waals surface area contributed by atoms with E-state index in [1.54, 1.807) is 79.5 Å². The van der Waals surface area contributed by atoms with Gasteiger partial charge in [0.25, 0.3) is 11.8 Å². The van der Waals surface area contributed by atoms with Gasteiger partial charge in [-0.25, -0.2) is 4.98 Å². The van der Waals surface area contributed by atoms with Gasteiger partial charge in [0.05, 0.1) is 22.1 Å². The molecule has 1 aromatic heterocycles. The van der Waals surface area contributed by atoms with Crippen molar-refractivity contribution >= 4 is 46.4 Å². The van der Waals surface area contributed by atoms with Crippen LogP contribution in [0.2, 0.25) is 5.02 Å². The fraction of sp³-hybridized carbons (Fsp3) is 0.0909. The molecule has 3 rings (SSSR count). The Kier molecular flexibility index (Phi) is 6.44. The lowest BCUT2D eigenvalue weighted by Gasteiger charge is -2.17. The van der Waals surface area contributed by atoms with Crippen molar-refractivity contribution in [1.29, 1.82) is 5.41 Å². The summed E-state index contributed by atoms with van der Waals surface area (Å²) in [7, 11) is 1.78. The summed E-state index contributed by atoms with van der Waals surface area (Å²) in [5, 5.41) is 13.6. The number of nitrogens with zero attached hydrogens (tertiary/aromatic N) is 2. The summed E-state index contributed by atoms with van der Waals surface area (Å²) < 4.78 is 0. The number of amides is 2. The fourth-order valence-corrected chi connectivity index (χ4v) is 2.76. The normalized spacial score (nSPS) is 10.2. The van der Waals surface area contributed by atoms with Gasteiger partial charge in [-0.05, 0) is 55.5 Å². The van der Waals surface area contributed by atoms with Crippen LogP contribution in [-0.2, 0) is 0 Å². The first-order valence-corrected chi connectivity index (χ1v) is 9.45. The van der Waals surface area contributed by atoms with Gasteiger partial charge >= 0.3 is 0 Å². The van der Waals surface area contributed by atoms with Crippen LogP contribution < -0.4 is 15.5 Å². The van der Waals surface area contributed by atoms with Gasteiger partial charge in [-0.1, -0.05) is 23.7 Å². The number of anilines is 3. The number of amidine groups is 1. The third kappa shape index (κ3) is 5.01. The van der Waals surface area contributed by atoms with Crippen molar-refractivity contribution in [2.24, 2.45) is 0 Å². The number of carbonyl (C=O) groups excluding carboxylic acids is 2. The minimum absolute atomic E-state index is 0.304. The van der Waals surface area contributed by atoms with Crippen molar-refractivity contribution in [3.63, 3.8) is 0 Å². The topological polar surface area (TPSA) is 98.2 Å². The molecule has 0 aliphatic heterocycles. The van der Waals surface area contributed by atoms with Crippen LogP contribution in [0.4, 0.5) is 17.2 Å². The van der Waals surface area contributed by atoms with Crippen LogP contribution in [0.15, 0.2) is 66.9 Å². The van der Waals surface area contributed by atoms with E-state index in [-0.39, 0.29) is 5.91 Å². The summed E-state index contributed by atoms with van der Waals surface area (Å²) in [5.41, 5.74) is 1.92. The van der Waals surface area contributed by atoms with Crippen molar-refractivity contribution in [3.05, 3.63) is 83.0 Å². The Morgan fingerprint density at radius 2 is 1.67 bits per heavy atom. The largest absolute Gasteiger partial charge is 0.334 e. The molecule has 0 saturated carbocycles. The number of hydrogen-bond donors (Lipinski definition) is 3. The number of benzene rings is 2. The Hall–Kier alpha value is -3.71. The van der Waals surface area contributed by atoms with Crippen molar-refractivity contribution in [3.8, 4) is 0 Å². The molecular weight excluding hydrogens is 402 g/mol. The first-order chi connectivity index (χ1) is 14.3. The number of halogens is 1. The summed E-state index contributed by atoms with van der Waals surface area (Å²) in [6.45, 7) is 1.68. The van der Waals surface area contributed by atoms with E-state index in [1.165, 1.54) is 6.20 Å². The highest BCUT2D eigenvalue weighted by Crippen LogP contribution is 2.20. The molecule has 3 N–H and O–H groups in total. The Balaban J connectivity index is 1.75. The number of pyridine rings is 1. The van der Waals surface area contributed by atoms with Gasteiger partial charge in [-0.2, -0.15) is 0 Å². The van der Waals surface area contributed by atoms with Crippen molar-refractivity contribution in [2.75, 3.05) is 22.6 Å². The van der Waals surface area contributed by atoms with E-state index in [2.05, 4.69) is 15.6 Å². The summed E-state index contributed by atoms with van der Waals surface area (Å²) in [6, 6.07) is 16.8. The standard InChI is InChI=1S/C22H20ClN5O2/c1-14(24)28(2)17-10-7-15(8-11-17)21(29)26-19-6-4-3-5-18(19)22(30)27-20-12-9-16(23)13-25-20/h3-13,24H,1-2H3,(H,26,29)(H,25,27,30). The van der Waals surface area contributed by atoms with Gasteiger partial charge in [-0.3, -0.25) is 15.0 Å². The molecule has 8 heteroatoms. The third-order valence-corrected chi connectivity index (χ3v) is 4.63. The molecule has 7 nitrogen and oxygen atoms in total. The van der Waals surface area contributed by atoms with Crippen LogP contribution in [-0.4, -0.2) is 29.7 Å². The Labute approximate surface area is 179 Å². The van der Waals surface area contributed by atoms with E-state index in [0.29, 0.717) is 33.5 Å². The van der Waals surface area contributed by atoms with Gasteiger partial charge in [0.15, 0.2) is 0 Å². The van der Waals surface area contributed by atoms with Crippen molar-refractivity contribution < 1.29 is 9.59 Å². The van der Waals surface area contributed by atoms with Gasteiger partial charge < -0.3 is 15.5 Å². The molecule has 0 unspecified atom stereocenters.